The van der Waals surface area contributed by atoms with Crippen LogP contribution >= 0.6 is 0 Å². The fourth-order valence-corrected chi connectivity index (χ4v) is 15.0. The molecule has 11 N–H and O–H groups in total. The van der Waals surface area contributed by atoms with E-state index in [9.17, 15) is 56.2 Å². The van der Waals surface area contributed by atoms with E-state index in [2.05, 4.69) is 33.8 Å². The first-order chi connectivity index (χ1) is 33.2. The number of ether oxygens (including phenoxy) is 10. The Bertz CT molecular complexity index is 1850. The van der Waals surface area contributed by atoms with Gasteiger partial charge in [0, 0.05) is 24.2 Å². The molecule has 1 spiro atoms. The van der Waals surface area contributed by atoms with Crippen molar-refractivity contribution in [1.29, 1.82) is 0 Å². The Morgan fingerprint density at radius 3 is 1.93 bits per heavy atom. The second-order valence-electron chi connectivity index (χ2n) is 23.1. The molecule has 21 nitrogen and oxygen atoms in total. The Kier molecular flexibility index (Phi) is 14.8. The van der Waals surface area contributed by atoms with E-state index in [1.54, 1.807) is 0 Å². The quantitative estimate of drug-likeness (QED) is 0.115. The Hall–Kier alpha value is -1.10. The molecule has 6 heterocycles. The zero-order valence-electron chi connectivity index (χ0n) is 40.7. The van der Waals surface area contributed by atoms with Crippen LogP contribution in [0.2, 0.25) is 0 Å². The summed E-state index contributed by atoms with van der Waals surface area (Å²) in [7, 11) is 0. The molecule has 3 saturated carbocycles. The van der Waals surface area contributed by atoms with E-state index in [-0.39, 0.29) is 29.8 Å². The smallest absolute Gasteiger partial charge is 0.187 e. The van der Waals surface area contributed by atoms with Gasteiger partial charge in [-0.1, -0.05) is 39.3 Å². The van der Waals surface area contributed by atoms with Crippen LogP contribution < -0.4 is 0 Å². The Balaban J connectivity index is 0.929. The normalized spacial score (nSPS) is 58.0. The lowest BCUT2D eigenvalue weighted by Crippen LogP contribution is -2.68. The molecular weight excluding hydrogens is 925 g/mol. The molecule has 10 rings (SSSR count). The molecule has 70 heavy (non-hydrogen) atoms. The van der Waals surface area contributed by atoms with Crippen molar-refractivity contribution in [2.45, 2.75) is 221 Å². The first kappa shape index (κ1) is 52.3. The largest absolute Gasteiger partial charge is 0.394 e. The minimum atomic E-state index is -1.86. The summed E-state index contributed by atoms with van der Waals surface area (Å²) < 4.78 is 62.9. The van der Waals surface area contributed by atoms with Crippen LogP contribution in [0.4, 0.5) is 0 Å². The summed E-state index contributed by atoms with van der Waals surface area (Å²) in [6, 6.07) is 0. The number of aliphatic hydroxyl groups is 11. The summed E-state index contributed by atoms with van der Waals surface area (Å²) in [5, 5.41) is 120. The van der Waals surface area contributed by atoms with Crippen LogP contribution in [-0.4, -0.2) is 217 Å². The van der Waals surface area contributed by atoms with Crippen LogP contribution in [0.25, 0.3) is 0 Å². The predicted molar refractivity (Wildman–Crippen MR) is 236 cm³/mol. The van der Waals surface area contributed by atoms with Crippen LogP contribution in [-0.2, 0) is 47.4 Å². The van der Waals surface area contributed by atoms with E-state index in [4.69, 9.17) is 47.4 Å². The number of hydrogen-bond acceptors (Lipinski definition) is 21. The van der Waals surface area contributed by atoms with Crippen molar-refractivity contribution in [3.05, 3.63) is 11.6 Å². The highest BCUT2D eigenvalue weighted by Crippen LogP contribution is 2.71. The number of allylic oxidation sites excluding steroid dienone is 1. The molecule has 6 aliphatic heterocycles. The molecule has 400 valence electrons. The van der Waals surface area contributed by atoms with Gasteiger partial charge in [-0.3, -0.25) is 0 Å². The molecule has 10 aliphatic rings. The molecule has 0 bridgehead atoms. The van der Waals surface area contributed by atoms with Crippen molar-refractivity contribution in [3.8, 4) is 0 Å². The van der Waals surface area contributed by atoms with Crippen LogP contribution in [0.1, 0.15) is 86.0 Å². The topological polar surface area (TPSA) is 315 Å². The summed E-state index contributed by atoms with van der Waals surface area (Å²) in [5.74, 6) is 1.58. The predicted octanol–water partition coefficient (Wildman–Crippen LogP) is -1.71. The SMILES string of the molecule is C[C@@H]1CC[C@@]2(OC1)O[C@H]1C[C@H]3[C@@H]4CC=C5C[C@@H](O[C@@H]6O[C@H](CO)[C@@H](O[C@@H]7OC[C@@H](O)[C@H](O)[C@H]7O)[C@H](O[C@@H]7OC[C@@H](O)[C@H](O)[C@H]7O)[C@H]6O[C@@H]6O[C@@H](C)[C@H](O)[C@@H](O)[C@H]6O)C[C@@H](O)[C@]5(C)[C@H]4CC[C@]3(C)[C@H]1[C@@H]2C. The van der Waals surface area contributed by atoms with E-state index in [0.717, 1.165) is 50.7 Å². The van der Waals surface area contributed by atoms with Gasteiger partial charge in [-0.15, -0.1) is 0 Å². The van der Waals surface area contributed by atoms with Crippen LogP contribution in [0.5, 0.6) is 0 Å². The average molecular weight is 1000 g/mol. The summed E-state index contributed by atoms with van der Waals surface area (Å²) >= 11 is 0. The van der Waals surface area contributed by atoms with Crippen LogP contribution in [0.15, 0.2) is 11.6 Å². The van der Waals surface area contributed by atoms with Gasteiger partial charge in [0.25, 0.3) is 0 Å². The van der Waals surface area contributed by atoms with E-state index in [1.165, 1.54) is 6.92 Å². The maximum Gasteiger partial charge on any atom is 0.187 e. The first-order valence-corrected chi connectivity index (χ1v) is 25.8. The van der Waals surface area contributed by atoms with Gasteiger partial charge in [0.05, 0.1) is 50.8 Å². The Morgan fingerprint density at radius 1 is 0.643 bits per heavy atom. The van der Waals surface area contributed by atoms with Gasteiger partial charge < -0.3 is 104 Å². The van der Waals surface area contributed by atoms with Gasteiger partial charge in [0.15, 0.2) is 30.9 Å². The Morgan fingerprint density at radius 2 is 1.29 bits per heavy atom. The van der Waals surface area contributed by atoms with E-state index >= 15 is 0 Å². The lowest BCUT2D eigenvalue weighted by molar-refractivity contribution is -0.405. The van der Waals surface area contributed by atoms with Gasteiger partial charge in [-0.2, -0.15) is 0 Å². The average Bonchev–Trinajstić information content (AvgIpc) is 3.78. The second kappa shape index (κ2) is 19.8. The van der Waals surface area contributed by atoms with Crippen molar-refractivity contribution in [2.24, 2.45) is 46.3 Å². The van der Waals surface area contributed by atoms with Gasteiger partial charge in [-0.05, 0) is 80.5 Å². The standard InChI is InChI=1S/C49H78O21/c1-19-8-11-49(63-16-19)20(2)32-29(70-49)14-26-24-7-6-22-12-23(13-31(53)48(22,5)25(24)9-10-47(26,32)4)65-46-42(69-45-39(60)36(57)33(54)21(3)64-45)41(68-44-38(59)35(56)28(52)18-62-44)40(30(15-50)66-46)67-43-37(58)34(55)27(51)17-61-43/h6,19-21,23-46,50-60H,7-18H2,1-5H3/t19-,20+,21+,23-,24-,25+,26+,27-,28-,29+,30-,31-,32+,33+,34+,35+,36-,37-,38-,39-,40-,41+,42-,43+,44+,45+,46-,47+,48+,49-/m1/s1. The molecule has 0 aromatic carbocycles. The lowest BCUT2D eigenvalue weighted by Gasteiger charge is -2.60. The number of rotatable bonds is 9. The molecule has 0 radical (unpaired) electrons. The third-order valence-corrected chi connectivity index (χ3v) is 19.1. The molecule has 0 amide bonds. The molecule has 0 aromatic heterocycles. The number of fused-ring (bicyclic) bond motifs is 7. The summed E-state index contributed by atoms with van der Waals surface area (Å²) in [6.45, 7) is 9.63. The minimum absolute atomic E-state index is 0.0608. The maximum atomic E-state index is 12.5. The van der Waals surface area contributed by atoms with Crippen molar-refractivity contribution < 1.29 is 104 Å². The maximum absolute atomic E-state index is 12.5. The molecule has 6 saturated heterocycles. The number of hydrogen-bond donors (Lipinski definition) is 11. The van der Waals surface area contributed by atoms with Crippen molar-refractivity contribution in [2.75, 3.05) is 26.4 Å². The molecular formula is C49H78O21. The van der Waals surface area contributed by atoms with E-state index < -0.39 is 154 Å². The van der Waals surface area contributed by atoms with Crippen LogP contribution in [0, 0.1) is 46.3 Å². The number of aliphatic hydroxyl groups excluding tert-OH is 11. The second-order valence-corrected chi connectivity index (χ2v) is 23.1. The zero-order valence-corrected chi connectivity index (χ0v) is 40.7. The van der Waals surface area contributed by atoms with E-state index in [1.807, 2.05) is 0 Å². The summed E-state index contributed by atoms with van der Waals surface area (Å²) in [4.78, 5) is 0. The van der Waals surface area contributed by atoms with Crippen molar-refractivity contribution in [1.82, 2.24) is 0 Å². The summed E-state index contributed by atoms with van der Waals surface area (Å²) in [6.07, 6.45) is -22.1. The molecule has 30 atom stereocenters. The van der Waals surface area contributed by atoms with Crippen molar-refractivity contribution in [3.63, 3.8) is 0 Å². The minimum Gasteiger partial charge on any atom is -0.394 e. The molecule has 0 aromatic rings. The fourth-order valence-electron chi connectivity index (χ4n) is 15.0. The van der Waals surface area contributed by atoms with Crippen molar-refractivity contribution >= 4 is 0 Å². The molecule has 0 unspecified atom stereocenters. The molecule has 9 fully saturated rings. The monoisotopic (exact) mass is 1000 g/mol. The fraction of sp³-hybridized carbons (Fsp3) is 0.959. The van der Waals surface area contributed by atoms with Gasteiger partial charge in [0.1, 0.15) is 79.4 Å². The van der Waals surface area contributed by atoms with Crippen LogP contribution in [0.3, 0.4) is 0 Å². The highest BCUT2D eigenvalue weighted by Gasteiger charge is 2.69. The van der Waals surface area contributed by atoms with Gasteiger partial charge >= 0.3 is 0 Å². The molecule has 4 aliphatic carbocycles. The zero-order chi connectivity index (χ0) is 49.9. The first-order valence-electron chi connectivity index (χ1n) is 25.8. The lowest BCUT2D eigenvalue weighted by atomic mass is 9.46. The highest BCUT2D eigenvalue weighted by atomic mass is 16.8. The molecule has 21 heteroatoms. The Labute approximate surface area is 407 Å². The van der Waals surface area contributed by atoms with Gasteiger partial charge in [0.2, 0.25) is 0 Å². The van der Waals surface area contributed by atoms with Gasteiger partial charge in [-0.25, -0.2) is 0 Å². The van der Waals surface area contributed by atoms with E-state index in [0.29, 0.717) is 30.1 Å². The highest BCUT2D eigenvalue weighted by molar-refractivity contribution is 5.28. The summed E-state index contributed by atoms with van der Waals surface area (Å²) in [5.41, 5.74) is 0.526. The third-order valence-electron chi connectivity index (χ3n) is 19.1. The third kappa shape index (κ3) is 8.68.